The van der Waals surface area contributed by atoms with Gasteiger partial charge in [0.1, 0.15) is 0 Å². The SMILES string of the molecule is CN(Cc1ccc(Cl)s1)C(=O)COC(=O)c1ccccc1SCc1cscn1. The zero-order valence-electron chi connectivity index (χ0n) is 15.0. The lowest BCUT2D eigenvalue weighted by Crippen LogP contribution is -2.30. The van der Waals surface area contributed by atoms with Crippen LogP contribution < -0.4 is 0 Å². The van der Waals surface area contributed by atoms with Gasteiger partial charge in [0.05, 0.1) is 27.6 Å². The first-order valence-corrected chi connectivity index (χ1v) is 11.4. The molecule has 0 fully saturated rings. The van der Waals surface area contributed by atoms with E-state index in [1.54, 1.807) is 30.8 Å². The molecule has 0 atom stereocenters. The molecule has 28 heavy (non-hydrogen) atoms. The summed E-state index contributed by atoms with van der Waals surface area (Å²) in [7, 11) is 1.67. The van der Waals surface area contributed by atoms with Gasteiger partial charge in [-0.15, -0.1) is 34.4 Å². The third-order valence-electron chi connectivity index (χ3n) is 3.74. The molecule has 9 heteroatoms. The Hall–Kier alpha value is -1.87. The average molecular weight is 453 g/mol. The van der Waals surface area contributed by atoms with Crippen LogP contribution in [-0.4, -0.2) is 35.4 Å². The Morgan fingerprint density at radius 1 is 1.25 bits per heavy atom. The molecule has 0 spiro atoms. The van der Waals surface area contributed by atoms with Crippen molar-refractivity contribution in [1.29, 1.82) is 0 Å². The number of thioether (sulfide) groups is 1. The van der Waals surface area contributed by atoms with Crippen LogP contribution in [0, 0.1) is 0 Å². The molecule has 2 heterocycles. The number of hydrogen-bond acceptors (Lipinski definition) is 7. The van der Waals surface area contributed by atoms with Crippen molar-refractivity contribution in [3.63, 3.8) is 0 Å². The highest BCUT2D eigenvalue weighted by Crippen LogP contribution is 2.27. The van der Waals surface area contributed by atoms with Gasteiger partial charge in [-0.2, -0.15) is 0 Å². The second-order valence-corrected chi connectivity index (χ2v) is 9.33. The lowest BCUT2D eigenvalue weighted by atomic mass is 10.2. The summed E-state index contributed by atoms with van der Waals surface area (Å²) >= 11 is 10.4. The highest BCUT2D eigenvalue weighted by molar-refractivity contribution is 7.98. The van der Waals surface area contributed by atoms with Crippen LogP contribution in [0.3, 0.4) is 0 Å². The van der Waals surface area contributed by atoms with E-state index in [0.29, 0.717) is 22.2 Å². The molecule has 3 rings (SSSR count). The standard InChI is InChI=1S/C19H17ClN2O3S3/c1-22(8-14-6-7-17(20)28-14)18(23)9-25-19(24)15-4-2-3-5-16(15)27-11-13-10-26-12-21-13/h2-7,10,12H,8-9,11H2,1H3. The summed E-state index contributed by atoms with van der Waals surface area (Å²) in [6, 6.07) is 10.9. The number of thiophene rings is 1. The summed E-state index contributed by atoms with van der Waals surface area (Å²) in [6.45, 7) is 0.118. The first kappa shape index (κ1) is 20.9. The fourth-order valence-corrected chi connectivity index (χ4v) is 5.04. The number of nitrogens with zero attached hydrogens (tertiary/aromatic N) is 2. The molecule has 146 valence electrons. The van der Waals surface area contributed by atoms with Crippen LogP contribution in [0.2, 0.25) is 4.34 Å². The van der Waals surface area contributed by atoms with Crippen LogP contribution >= 0.6 is 46.0 Å². The minimum atomic E-state index is -0.512. The van der Waals surface area contributed by atoms with Crippen molar-refractivity contribution in [2.75, 3.05) is 13.7 Å². The van der Waals surface area contributed by atoms with E-state index in [1.807, 2.05) is 23.6 Å². The van der Waals surface area contributed by atoms with Gasteiger partial charge < -0.3 is 9.64 Å². The number of thiazole rings is 1. The minimum Gasteiger partial charge on any atom is -0.452 e. The van der Waals surface area contributed by atoms with E-state index in [0.717, 1.165) is 15.5 Å². The molecule has 2 aromatic heterocycles. The molecular formula is C19H17ClN2O3S3. The number of halogens is 1. The van der Waals surface area contributed by atoms with Gasteiger partial charge in [-0.1, -0.05) is 23.7 Å². The average Bonchev–Trinajstić information content (AvgIpc) is 3.36. The number of amides is 1. The van der Waals surface area contributed by atoms with E-state index >= 15 is 0 Å². The van der Waals surface area contributed by atoms with Gasteiger partial charge in [0, 0.05) is 28.0 Å². The van der Waals surface area contributed by atoms with Gasteiger partial charge in [-0.25, -0.2) is 9.78 Å². The van der Waals surface area contributed by atoms with Gasteiger partial charge >= 0.3 is 5.97 Å². The van der Waals surface area contributed by atoms with Gasteiger partial charge in [0.2, 0.25) is 0 Å². The van der Waals surface area contributed by atoms with Crippen molar-refractivity contribution in [1.82, 2.24) is 9.88 Å². The molecular weight excluding hydrogens is 436 g/mol. The predicted octanol–water partition coefficient (Wildman–Crippen LogP) is 4.97. The number of carbonyl (C=O) groups excluding carboxylic acids is 2. The van der Waals surface area contributed by atoms with Crippen molar-refractivity contribution in [3.8, 4) is 0 Å². The summed E-state index contributed by atoms with van der Waals surface area (Å²) in [5, 5.41) is 1.98. The Morgan fingerprint density at radius 2 is 2.07 bits per heavy atom. The largest absolute Gasteiger partial charge is 0.452 e. The smallest absolute Gasteiger partial charge is 0.339 e. The number of rotatable bonds is 8. The second-order valence-electron chi connectivity index (χ2n) is 5.80. The Bertz CT molecular complexity index is 944. The molecule has 1 aromatic carbocycles. The molecule has 0 radical (unpaired) electrons. The zero-order valence-corrected chi connectivity index (χ0v) is 18.2. The maximum atomic E-state index is 12.5. The maximum absolute atomic E-state index is 12.5. The van der Waals surface area contributed by atoms with Crippen LogP contribution in [0.5, 0.6) is 0 Å². The van der Waals surface area contributed by atoms with Crippen LogP contribution in [0.4, 0.5) is 0 Å². The quantitative estimate of drug-likeness (QED) is 0.357. The van der Waals surface area contributed by atoms with Gasteiger partial charge in [-0.05, 0) is 24.3 Å². The summed E-state index contributed by atoms with van der Waals surface area (Å²) in [4.78, 5) is 32.3. The number of carbonyl (C=O) groups is 2. The molecule has 1 amide bonds. The van der Waals surface area contributed by atoms with Crippen molar-refractivity contribution in [2.24, 2.45) is 0 Å². The van der Waals surface area contributed by atoms with Crippen LogP contribution in [0.1, 0.15) is 20.9 Å². The molecule has 5 nitrogen and oxygen atoms in total. The van der Waals surface area contributed by atoms with Gasteiger partial charge in [0.25, 0.3) is 5.91 Å². The van der Waals surface area contributed by atoms with Crippen molar-refractivity contribution in [2.45, 2.75) is 17.2 Å². The van der Waals surface area contributed by atoms with Crippen LogP contribution in [0.15, 0.2) is 52.2 Å². The Labute approximate surface area is 180 Å². The highest BCUT2D eigenvalue weighted by atomic mass is 35.5. The van der Waals surface area contributed by atoms with E-state index < -0.39 is 5.97 Å². The van der Waals surface area contributed by atoms with Gasteiger partial charge in [-0.3, -0.25) is 4.79 Å². The Balaban J connectivity index is 1.54. The van der Waals surface area contributed by atoms with Gasteiger partial charge in [0.15, 0.2) is 6.61 Å². The van der Waals surface area contributed by atoms with Crippen molar-refractivity contribution >= 4 is 57.9 Å². The minimum absolute atomic E-state index is 0.273. The molecule has 0 saturated carbocycles. The number of ether oxygens (including phenoxy) is 1. The number of likely N-dealkylation sites (N-methyl/N-ethyl adjacent to an activating group) is 1. The third-order valence-corrected chi connectivity index (χ3v) is 6.70. The molecule has 0 aliphatic carbocycles. The van der Waals surface area contributed by atoms with Crippen molar-refractivity contribution < 1.29 is 14.3 Å². The summed E-state index contributed by atoms with van der Waals surface area (Å²) in [5.41, 5.74) is 3.19. The second kappa shape index (κ2) is 10.1. The molecule has 0 saturated heterocycles. The monoisotopic (exact) mass is 452 g/mol. The Kier molecular flexibility index (Phi) is 7.50. The molecule has 0 aliphatic rings. The fraction of sp³-hybridized carbons (Fsp3) is 0.211. The molecule has 0 aliphatic heterocycles. The topological polar surface area (TPSA) is 59.5 Å². The Morgan fingerprint density at radius 3 is 2.79 bits per heavy atom. The summed E-state index contributed by atoms with van der Waals surface area (Å²) < 4.78 is 5.93. The third kappa shape index (κ3) is 5.81. The predicted molar refractivity (Wildman–Crippen MR) is 114 cm³/mol. The van der Waals surface area contributed by atoms with Crippen molar-refractivity contribution in [3.05, 3.63) is 67.8 Å². The number of hydrogen-bond donors (Lipinski definition) is 0. The summed E-state index contributed by atoms with van der Waals surface area (Å²) in [5.74, 6) is -0.119. The zero-order chi connectivity index (χ0) is 19.9. The molecule has 3 aromatic rings. The molecule has 0 unspecified atom stereocenters. The van der Waals surface area contributed by atoms with E-state index in [2.05, 4.69) is 4.98 Å². The summed E-state index contributed by atoms with van der Waals surface area (Å²) in [6.07, 6.45) is 0. The maximum Gasteiger partial charge on any atom is 0.339 e. The van der Waals surface area contributed by atoms with E-state index in [9.17, 15) is 9.59 Å². The van der Waals surface area contributed by atoms with E-state index in [4.69, 9.17) is 16.3 Å². The lowest BCUT2D eigenvalue weighted by Gasteiger charge is -2.16. The highest BCUT2D eigenvalue weighted by Gasteiger charge is 2.17. The number of aromatic nitrogens is 1. The number of benzene rings is 1. The first-order valence-electron chi connectivity index (χ1n) is 8.27. The fourth-order valence-electron chi connectivity index (χ4n) is 2.30. The normalized spacial score (nSPS) is 10.6. The molecule has 0 N–H and O–H groups in total. The van der Waals surface area contributed by atoms with E-state index in [-0.39, 0.29) is 12.5 Å². The molecule has 0 bridgehead atoms. The van der Waals surface area contributed by atoms with Crippen LogP contribution in [-0.2, 0) is 21.8 Å². The number of esters is 1. The van der Waals surface area contributed by atoms with E-state index in [1.165, 1.54) is 39.3 Å². The lowest BCUT2D eigenvalue weighted by molar-refractivity contribution is -0.133. The van der Waals surface area contributed by atoms with Crippen LogP contribution in [0.25, 0.3) is 0 Å². The first-order chi connectivity index (χ1) is 13.5.